The van der Waals surface area contributed by atoms with Gasteiger partial charge in [0.15, 0.2) is 0 Å². The lowest BCUT2D eigenvalue weighted by Crippen LogP contribution is -2.12. The highest BCUT2D eigenvalue weighted by molar-refractivity contribution is 6.34. The molecule has 0 radical (unpaired) electrons. The third-order valence-electron chi connectivity index (χ3n) is 3.30. The number of aryl methyl sites for hydroxylation is 1. The first-order valence-corrected chi connectivity index (χ1v) is 7.08. The van der Waals surface area contributed by atoms with E-state index in [0.29, 0.717) is 12.2 Å². The van der Waals surface area contributed by atoms with E-state index in [0.717, 1.165) is 0 Å². The Bertz CT molecular complexity index is 808. The van der Waals surface area contributed by atoms with Crippen molar-refractivity contribution < 1.29 is 4.79 Å². The lowest BCUT2D eigenvalue weighted by molar-refractivity contribution is 0.102. The number of H-pyrrole nitrogens is 1. The maximum atomic E-state index is 12.0. The van der Waals surface area contributed by atoms with Gasteiger partial charge in [0.1, 0.15) is 5.69 Å². The topological polar surface area (TPSA) is 75.6 Å². The van der Waals surface area contributed by atoms with E-state index in [4.69, 9.17) is 11.6 Å². The van der Waals surface area contributed by atoms with Crippen LogP contribution in [0.2, 0.25) is 5.02 Å². The molecule has 3 aromatic rings. The van der Waals surface area contributed by atoms with Gasteiger partial charge < -0.3 is 5.32 Å². The van der Waals surface area contributed by atoms with Gasteiger partial charge in [-0.25, -0.2) is 0 Å². The van der Waals surface area contributed by atoms with Crippen LogP contribution in [-0.4, -0.2) is 25.9 Å². The Labute approximate surface area is 132 Å². The highest BCUT2D eigenvalue weighted by atomic mass is 35.5. The minimum Gasteiger partial charge on any atom is -0.318 e. The van der Waals surface area contributed by atoms with Crippen molar-refractivity contribution in [3.63, 3.8) is 0 Å². The van der Waals surface area contributed by atoms with Gasteiger partial charge in [0.05, 0.1) is 29.6 Å². The minimum atomic E-state index is -0.349. The Balaban J connectivity index is 1.70. The number of carbonyl (C=O) groups is 1. The highest BCUT2D eigenvalue weighted by Gasteiger charge is 2.13. The number of hydrogen-bond donors (Lipinski definition) is 2. The molecule has 112 valence electrons. The van der Waals surface area contributed by atoms with E-state index in [1.54, 1.807) is 17.1 Å². The van der Waals surface area contributed by atoms with Gasteiger partial charge in [0, 0.05) is 6.20 Å². The van der Waals surface area contributed by atoms with Gasteiger partial charge in [-0.1, -0.05) is 35.9 Å². The van der Waals surface area contributed by atoms with Gasteiger partial charge in [-0.15, -0.1) is 0 Å². The van der Waals surface area contributed by atoms with Crippen LogP contribution >= 0.6 is 11.6 Å². The van der Waals surface area contributed by atoms with E-state index in [1.165, 1.54) is 17.3 Å². The fraction of sp³-hybridized carbons (Fsp3) is 0.133. The quantitative estimate of drug-likeness (QED) is 0.777. The van der Waals surface area contributed by atoms with E-state index in [2.05, 4.69) is 39.7 Å². The molecule has 0 atom stereocenters. The number of benzene rings is 1. The fourth-order valence-corrected chi connectivity index (χ4v) is 2.28. The molecule has 1 amide bonds. The number of anilines is 1. The zero-order chi connectivity index (χ0) is 15.5. The summed E-state index contributed by atoms with van der Waals surface area (Å²) in [6.45, 7) is 2.70. The number of rotatable bonds is 4. The third kappa shape index (κ3) is 3.01. The second kappa shape index (κ2) is 6.03. The van der Waals surface area contributed by atoms with Crippen molar-refractivity contribution in [2.75, 3.05) is 5.32 Å². The molecule has 0 saturated carbocycles. The Morgan fingerprint density at radius 2 is 2.18 bits per heavy atom. The molecule has 0 aliphatic rings. The predicted octanol–water partition coefficient (Wildman–Crippen LogP) is 2.87. The molecule has 0 bridgehead atoms. The smallest absolute Gasteiger partial charge is 0.275 e. The number of carbonyl (C=O) groups excluding carboxylic acids is 1. The summed E-state index contributed by atoms with van der Waals surface area (Å²) in [5.74, 6) is -0.349. The minimum absolute atomic E-state index is 0.230. The molecule has 0 aliphatic heterocycles. The summed E-state index contributed by atoms with van der Waals surface area (Å²) < 4.78 is 1.77. The van der Waals surface area contributed by atoms with Gasteiger partial charge in [0.2, 0.25) is 0 Å². The van der Waals surface area contributed by atoms with Gasteiger partial charge in [-0.05, 0) is 18.1 Å². The van der Waals surface area contributed by atoms with Gasteiger partial charge in [-0.2, -0.15) is 10.2 Å². The Morgan fingerprint density at radius 3 is 2.91 bits per heavy atom. The summed E-state index contributed by atoms with van der Waals surface area (Å²) in [6, 6.07) is 8.11. The first kappa shape index (κ1) is 14.3. The average Bonchev–Trinajstić information content (AvgIpc) is 3.10. The van der Waals surface area contributed by atoms with Crippen LogP contribution in [0.3, 0.4) is 0 Å². The molecule has 22 heavy (non-hydrogen) atoms. The molecule has 0 saturated heterocycles. The van der Waals surface area contributed by atoms with E-state index >= 15 is 0 Å². The molecule has 2 aromatic heterocycles. The van der Waals surface area contributed by atoms with Crippen LogP contribution in [0.4, 0.5) is 5.69 Å². The molecule has 0 unspecified atom stereocenters. The molecule has 3 rings (SSSR count). The standard InChI is InChI=1S/C15H14ClN5O/c1-10-4-2-3-5-11(10)8-21-9-12(6-18-21)19-15(22)14-13(16)7-17-20-14/h2-7,9H,8H2,1H3,(H,17,20)(H,19,22). The number of halogens is 1. The second-order valence-electron chi connectivity index (χ2n) is 4.90. The number of aromatic amines is 1. The van der Waals surface area contributed by atoms with Crippen LogP contribution in [0.15, 0.2) is 42.9 Å². The summed E-state index contributed by atoms with van der Waals surface area (Å²) in [4.78, 5) is 12.0. The SMILES string of the molecule is Cc1ccccc1Cn1cc(NC(=O)c2[nH]ncc2Cl)cn1. The average molecular weight is 316 g/mol. The highest BCUT2D eigenvalue weighted by Crippen LogP contribution is 2.15. The van der Waals surface area contributed by atoms with Crippen molar-refractivity contribution in [1.29, 1.82) is 0 Å². The van der Waals surface area contributed by atoms with Crippen LogP contribution in [0.1, 0.15) is 21.6 Å². The van der Waals surface area contributed by atoms with Crippen LogP contribution < -0.4 is 5.32 Å². The normalized spacial score (nSPS) is 10.6. The van der Waals surface area contributed by atoms with Crippen LogP contribution in [0.25, 0.3) is 0 Å². The molecule has 7 heteroatoms. The van der Waals surface area contributed by atoms with E-state index in [9.17, 15) is 4.79 Å². The third-order valence-corrected chi connectivity index (χ3v) is 3.59. The molecular formula is C15H14ClN5O. The molecule has 0 aliphatic carbocycles. The lowest BCUT2D eigenvalue weighted by Gasteiger charge is -2.05. The van der Waals surface area contributed by atoms with Crippen molar-refractivity contribution >= 4 is 23.2 Å². The number of amides is 1. The molecule has 1 aromatic carbocycles. The van der Waals surface area contributed by atoms with Crippen LogP contribution in [0, 0.1) is 6.92 Å². The largest absolute Gasteiger partial charge is 0.318 e. The summed E-state index contributed by atoms with van der Waals surface area (Å²) in [7, 11) is 0. The number of nitrogens with one attached hydrogen (secondary N) is 2. The number of hydrogen-bond acceptors (Lipinski definition) is 3. The van der Waals surface area contributed by atoms with Gasteiger partial charge in [0.25, 0.3) is 5.91 Å². The Morgan fingerprint density at radius 1 is 1.36 bits per heavy atom. The first-order chi connectivity index (χ1) is 10.6. The van der Waals surface area contributed by atoms with Crippen molar-refractivity contribution in [3.8, 4) is 0 Å². The Hall–Kier alpha value is -2.60. The summed E-state index contributed by atoms with van der Waals surface area (Å²) >= 11 is 5.86. The summed E-state index contributed by atoms with van der Waals surface area (Å²) in [5.41, 5.74) is 3.21. The van der Waals surface area contributed by atoms with Crippen molar-refractivity contribution in [1.82, 2.24) is 20.0 Å². The number of aromatic nitrogens is 4. The van der Waals surface area contributed by atoms with E-state index in [1.807, 2.05) is 12.1 Å². The molecule has 0 fully saturated rings. The maximum Gasteiger partial charge on any atom is 0.275 e. The van der Waals surface area contributed by atoms with Gasteiger partial charge >= 0.3 is 0 Å². The lowest BCUT2D eigenvalue weighted by atomic mass is 10.1. The summed E-state index contributed by atoms with van der Waals surface area (Å²) in [6.07, 6.45) is 4.76. The maximum absolute atomic E-state index is 12.0. The second-order valence-corrected chi connectivity index (χ2v) is 5.31. The monoisotopic (exact) mass is 315 g/mol. The molecule has 2 N–H and O–H groups in total. The fourth-order valence-electron chi connectivity index (χ4n) is 2.10. The van der Waals surface area contributed by atoms with Gasteiger partial charge in [-0.3, -0.25) is 14.6 Å². The van der Waals surface area contributed by atoms with Crippen molar-refractivity contribution in [3.05, 3.63) is 64.7 Å². The molecule has 2 heterocycles. The van der Waals surface area contributed by atoms with Crippen LogP contribution in [0.5, 0.6) is 0 Å². The van der Waals surface area contributed by atoms with E-state index < -0.39 is 0 Å². The zero-order valence-corrected chi connectivity index (χ0v) is 12.6. The molecular weight excluding hydrogens is 302 g/mol. The number of nitrogens with zero attached hydrogens (tertiary/aromatic N) is 3. The predicted molar refractivity (Wildman–Crippen MR) is 84.1 cm³/mol. The van der Waals surface area contributed by atoms with E-state index in [-0.39, 0.29) is 16.6 Å². The molecule has 6 nitrogen and oxygen atoms in total. The summed E-state index contributed by atoms with van der Waals surface area (Å²) in [5, 5.41) is 13.5. The van der Waals surface area contributed by atoms with Crippen molar-refractivity contribution in [2.24, 2.45) is 0 Å². The van der Waals surface area contributed by atoms with Crippen molar-refractivity contribution in [2.45, 2.75) is 13.5 Å². The zero-order valence-electron chi connectivity index (χ0n) is 11.9. The van der Waals surface area contributed by atoms with Crippen LogP contribution in [-0.2, 0) is 6.54 Å². The molecule has 0 spiro atoms. The first-order valence-electron chi connectivity index (χ1n) is 6.70. The Kier molecular flexibility index (Phi) is 3.93.